The predicted molar refractivity (Wildman–Crippen MR) is 73.7 cm³/mol. The lowest BCUT2D eigenvalue weighted by atomic mass is 10.1. The predicted octanol–water partition coefficient (Wildman–Crippen LogP) is 3.12. The van der Waals surface area contributed by atoms with Crippen LogP contribution in [0.1, 0.15) is 38.9 Å². The maximum atomic E-state index is 4.68. The molecule has 0 unspecified atom stereocenters. The molecule has 0 saturated heterocycles. The molecule has 0 atom stereocenters. The third-order valence-electron chi connectivity index (χ3n) is 3.33. The maximum Gasteiger partial charge on any atom is 0.143 e. The van der Waals surface area contributed by atoms with Gasteiger partial charge >= 0.3 is 0 Å². The molecule has 4 heteroatoms. The summed E-state index contributed by atoms with van der Waals surface area (Å²) in [6, 6.07) is 2.67. The number of nitrogens with zero attached hydrogens (tertiary/aromatic N) is 2. The molecule has 1 aliphatic carbocycles. The monoisotopic (exact) mass is 244 g/mol. The molecule has 2 aromatic heterocycles. The Bertz CT molecular complexity index is 540. The minimum atomic E-state index is 0.621. The quantitative estimate of drug-likeness (QED) is 0.849. The van der Waals surface area contributed by atoms with Gasteiger partial charge in [0.2, 0.25) is 0 Å². The van der Waals surface area contributed by atoms with Crippen LogP contribution in [0, 0.1) is 5.92 Å². The topological polar surface area (TPSA) is 53.6 Å². The fourth-order valence-electron chi connectivity index (χ4n) is 2.05. The first kappa shape index (κ1) is 11.5. The molecule has 2 aromatic rings. The first-order valence-corrected chi connectivity index (χ1v) is 6.83. The molecule has 1 saturated carbocycles. The molecule has 2 heterocycles. The second-order valence-electron chi connectivity index (χ2n) is 5.58. The van der Waals surface area contributed by atoms with E-state index in [9.17, 15) is 0 Å². The molecule has 1 aliphatic rings. The Labute approximate surface area is 107 Å². The van der Waals surface area contributed by atoms with Crippen molar-refractivity contribution >= 4 is 16.9 Å². The normalized spacial score (nSPS) is 15.5. The molecule has 18 heavy (non-hydrogen) atoms. The van der Waals surface area contributed by atoms with E-state index >= 15 is 0 Å². The summed E-state index contributed by atoms with van der Waals surface area (Å²) < 4.78 is 0. The molecule has 96 valence electrons. The minimum Gasteiger partial charge on any atom is -0.367 e. The van der Waals surface area contributed by atoms with Gasteiger partial charge < -0.3 is 10.3 Å². The van der Waals surface area contributed by atoms with Crippen molar-refractivity contribution in [1.29, 1.82) is 0 Å². The van der Waals surface area contributed by atoms with Crippen LogP contribution in [0.15, 0.2) is 12.3 Å². The largest absolute Gasteiger partial charge is 0.367 e. The van der Waals surface area contributed by atoms with Crippen LogP contribution in [0.3, 0.4) is 0 Å². The number of nitrogens with one attached hydrogen (secondary N) is 2. The molecule has 1 fully saturated rings. The summed E-state index contributed by atoms with van der Waals surface area (Å²) in [5, 5.41) is 4.61. The average molecular weight is 244 g/mol. The van der Waals surface area contributed by atoms with Gasteiger partial charge in [0.05, 0.1) is 5.39 Å². The number of hydrogen-bond acceptors (Lipinski definition) is 3. The van der Waals surface area contributed by atoms with E-state index in [1.807, 2.05) is 12.3 Å². The summed E-state index contributed by atoms with van der Waals surface area (Å²) >= 11 is 0. The van der Waals surface area contributed by atoms with Crippen LogP contribution in [-0.2, 0) is 6.42 Å². The molecule has 0 spiro atoms. The molecular weight excluding hydrogens is 224 g/mol. The summed E-state index contributed by atoms with van der Waals surface area (Å²) in [4.78, 5) is 12.5. The van der Waals surface area contributed by atoms with Crippen molar-refractivity contribution in [3.05, 3.63) is 18.1 Å². The second kappa shape index (κ2) is 4.59. The van der Waals surface area contributed by atoms with E-state index in [2.05, 4.69) is 34.1 Å². The van der Waals surface area contributed by atoms with Gasteiger partial charge in [-0.05, 0) is 31.2 Å². The zero-order valence-corrected chi connectivity index (χ0v) is 11.0. The number of fused-ring (bicyclic) bond motifs is 1. The van der Waals surface area contributed by atoms with Gasteiger partial charge in [0.25, 0.3) is 0 Å². The number of aryl methyl sites for hydroxylation is 1. The summed E-state index contributed by atoms with van der Waals surface area (Å²) in [7, 11) is 0. The Kier molecular flexibility index (Phi) is 2.94. The van der Waals surface area contributed by atoms with E-state index in [4.69, 9.17) is 0 Å². The SMILES string of the molecule is CC(C)CCc1nc(NC2CC2)c2cc[nH]c2n1. The Morgan fingerprint density at radius 3 is 2.94 bits per heavy atom. The smallest absolute Gasteiger partial charge is 0.143 e. The standard InChI is InChI=1S/C14H20N4/c1-9(2)3-6-12-17-13-11(7-8-15-13)14(18-12)16-10-4-5-10/h7-10H,3-6H2,1-2H3,(H2,15,16,17,18). The van der Waals surface area contributed by atoms with Crippen LogP contribution >= 0.6 is 0 Å². The van der Waals surface area contributed by atoms with Gasteiger partial charge in [-0.2, -0.15) is 0 Å². The first-order chi connectivity index (χ1) is 8.72. The van der Waals surface area contributed by atoms with Crippen molar-refractivity contribution in [3.8, 4) is 0 Å². The zero-order chi connectivity index (χ0) is 12.5. The Morgan fingerprint density at radius 2 is 2.22 bits per heavy atom. The third kappa shape index (κ3) is 2.47. The van der Waals surface area contributed by atoms with Crippen molar-refractivity contribution < 1.29 is 0 Å². The Morgan fingerprint density at radius 1 is 1.39 bits per heavy atom. The highest BCUT2D eigenvalue weighted by Gasteiger charge is 2.22. The van der Waals surface area contributed by atoms with E-state index in [1.54, 1.807) is 0 Å². The molecular formula is C14H20N4. The van der Waals surface area contributed by atoms with Gasteiger partial charge in [-0.3, -0.25) is 0 Å². The van der Waals surface area contributed by atoms with Crippen LogP contribution in [-0.4, -0.2) is 21.0 Å². The van der Waals surface area contributed by atoms with Gasteiger partial charge in [-0.15, -0.1) is 0 Å². The van der Waals surface area contributed by atoms with Crippen molar-refractivity contribution in [2.75, 3.05) is 5.32 Å². The lowest BCUT2D eigenvalue weighted by Crippen LogP contribution is -2.07. The number of anilines is 1. The van der Waals surface area contributed by atoms with E-state index in [0.717, 1.165) is 35.5 Å². The Balaban J connectivity index is 1.89. The van der Waals surface area contributed by atoms with Gasteiger partial charge in [0, 0.05) is 18.7 Å². The van der Waals surface area contributed by atoms with E-state index in [-0.39, 0.29) is 0 Å². The van der Waals surface area contributed by atoms with Crippen LogP contribution in [0.2, 0.25) is 0 Å². The highest BCUT2D eigenvalue weighted by molar-refractivity contribution is 5.87. The number of H-pyrrole nitrogens is 1. The molecule has 0 aromatic carbocycles. The minimum absolute atomic E-state index is 0.621. The number of aromatic amines is 1. The third-order valence-corrected chi connectivity index (χ3v) is 3.33. The van der Waals surface area contributed by atoms with Gasteiger partial charge in [0.1, 0.15) is 17.3 Å². The average Bonchev–Trinajstić information content (AvgIpc) is 3.02. The van der Waals surface area contributed by atoms with Crippen LogP contribution in [0.25, 0.3) is 11.0 Å². The van der Waals surface area contributed by atoms with Gasteiger partial charge in [0.15, 0.2) is 0 Å². The van der Waals surface area contributed by atoms with Crippen molar-refractivity contribution in [2.45, 2.75) is 45.6 Å². The molecule has 0 aliphatic heterocycles. The summed E-state index contributed by atoms with van der Waals surface area (Å²) in [5.41, 5.74) is 0.951. The summed E-state index contributed by atoms with van der Waals surface area (Å²) in [6.45, 7) is 4.47. The summed E-state index contributed by atoms with van der Waals surface area (Å²) in [5.74, 6) is 2.64. The van der Waals surface area contributed by atoms with Crippen molar-refractivity contribution in [1.82, 2.24) is 15.0 Å². The lowest BCUT2D eigenvalue weighted by Gasteiger charge is -2.08. The highest BCUT2D eigenvalue weighted by Crippen LogP contribution is 2.27. The molecule has 4 nitrogen and oxygen atoms in total. The van der Waals surface area contributed by atoms with Crippen molar-refractivity contribution in [2.24, 2.45) is 5.92 Å². The zero-order valence-electron chi connectivity index (χ0n) is 11.0. The molecule has 0 radical (unpaired) electrons. The van der Waals surface area contributed by atoms with E-state index < -0.39 is 0 Å². The second-order valence-corrected chi connectivity index (χ2v) is 5.58. The Hall–Kier alpha value is -1.58. The molecule has 0 amide bonds. The van der Waals surface area contributed by atoms with Crippen molar-refractivity contribution in [3.63, 3.8) is 0 Å². The molecule has 2 N–H and O–H groups in total. The van der Waals surface area contributed by atoms with Crippen LogP contribution in [0.5, 0.6) is 0 Å². The van der Waals surface area contributed by atoms with Gasteiger partial charge in [-0.25, -0.2) is 9.97 Å². The molecule has 3 rings (SSSR count). The number of aromatic nitrogens is 3. The van der Waals surface area contributed by atoms with Crippen LogP contribution < -0.4 is 5.32 Å². The fraction of sp³-hybridized carbons (Fsp3) is 0.571. The van der Waals surface area contributed by atoms with Gasteiger partial charge in [-0.1, -0.05) is 13.8 Å². The number of hydrogen-bond donors (Lipinski definition) is 2. The first-order valence-electron chi connectivity index (χ1n) is 6.83. The molecule has 0 bridgehead atoms. The van der Waals surface area contributed by atoms with E-state index in [1.165, 1.54) is 12.8 Å². The lowest BCUT2D eigenvalue weighted by molar-refractivity contribution is 0.575. The summed E-state index contributed by atoms with van der Waals surface area (Å²) in [6.07, 6.45) is 6.54. The fourth-order valence-corrected chi connectivity index (χ4v) is 2.05. The maximum absolute atomic E-state index is 4.68. The highest BCUT2D eigenvalue weighted by atomic mass is 15.1. The number of rotatable bonds is 5. The van der Waals surface area contributed by atoms with E-state index in [0.29, 0.717) is 12.0 Å². The van der Waals surface area contributed by atoms with Crippen LogP contribution in [0.4, 0.5) is 5.82 Å².